The molecule has 1 fully saturated rings. The molecule has 1 N–H and O–H groups in total. The monoisotopic (exact) mass is 769 g/mol. The molecule has 6 nitrogen and oxygen atoms in total. The van der Waals surface area contributed by atoms with E-state index in [1.165, 1.54) is 0 Å². The van der Waals surface area contributed by atoms with Crippen LogP contribution < -0.4 is 9.13 Å². The number of hydrogen-bond donors (Lipinski definition) is 1. The van der Waals surface area contributed by atoms with E-state index in [-0.39, 0.29) is 21.9 Å². The molecule has 0 saturated carbocycles. The highest BCUT2D eigenvalue weighted by Crippen LogP contribution is 2.50. The minimum atomic E-state index is -3.92. The Kier molecular flexibility index (Phi) is 10.8. The van der Waals surface area contributed by atoms with Crippen molar-refractivity contribution in [2.75, 3.05) is 6.54 Å². The zero-order chi connectivity index (χ0) is 38.8. The van der Waals surface area contributed by atoms with Gasteiger partial charge in [0.05, 0.1) is 17.5 Å². The zero-order valence-electron chi connectivity index (χ0n) is 32.8. The lowest BCUT2D eigenvalue weighted by molar-refractivity contribution is -0.271. The van der Waals surface area contributed by atoms with Crippen LogP contribution in [0.2, 0.25) is 18.1 Å². The lowest BCUT2D eigenvalue weighted by atomic mass is 9.79. The van der Waals surface area contributed by atoms with Crippen molar-refractivity contribution >= 4 is 24.1 Å². The van der Waals surface area contributed by atoms with Crippen LogP contribution in [0.25, 0.3) is 0 Å². The molecule has 3 atom stereocenters. The van der Waals surface area contributed by atoms with Gasteiger partial charge in [-0.1, -0.05) is 148 Å². The molecule has 0 radical (unpaired) electrons. The molecule has 1 unspecified atom stereocenters. The summed E-state index contributed by atoms with van der Waals surface area (Å²) in [6, 6.07) is 46.3. The lowest BCUT2D eigenvalue weighted by Crippen LogP contribution is -2.78. The third-order valence-electron chi connectivity index (χ3n) is 11.7. The van der Waals surface area contributed by atoms with Crippen molar-refractivity contribution in [2.45, 2.75) is 87.2 Å². The van der Waals surface area contributed by atoms with Gasteiger partial charge in [0.2, 0.25) is 5.71 Å². The van der Waals surface area contributed by atoms with Gasteiger partial charge in [0.25, 0.3) is 0 Å². The van der Waals surface area contributed by atoms with Crippen LogP contribution in [0.1, 0.15) is 67.3 Å². The molecular weight excluding hydrogens is 717 g/mol. The molecule has 2 aliphatic rings. The fourth-order valence-electron chi connectivity index (χ4n) is 7.76. The van der Waals surface area contributed by atoms with E-state index >= 15 is 0 Å². The SMILES string of the molecule is Cc1ccc(S(=O)(=O)/[NH+]=C2\c3ccccc3OC2[C@@H](/C=C/N2CCC[C@H]2C(O[Si](C)(C)C(C)(C)C)(c2ccccc2)c2ccccc2)c2ccccc2)cc1. The quantitative estimate of drug-likeness (QED) is 0.136. The van der Waals surface area contributed by atoms with E-state index in [0.29, 0.717) is 11.5 Å². The number of ether oxygens (including phenoxy) is 1. The van der Waals surface area contributed by atoms with Crippen molar-refractivity contribution in [3.8, 4) is 5.75 Å². The minimum Gasteiger partial charge on any atom is -0.477 e. The highest BCUT2D eigenvalue weighted by atomic mass is 32.2. The Bertz CT molecular complexity index is 2210. The number of rotatable bonds is 11. The molecular formula is C47H53N2O4SSi+. The number of benzene rings is 5. The predicted octanol–water partition coefficient (Wildman–Crippen LogP) is 8.74. The van der Waals surface area contributed by atoms with Crippen molar-refractivity contribution in [3.05, 3.63) is 180 Å². The molecule has 1 saturated heterocycles. The van der Waals surface area contributed by atoms with E-state index < -0.39 is 30.0 Å². The molecule has 284 valence electrons. The van der Waals surface area contributed by atoms with Gasteiger partial charge in [-0.3, -0.25) is 0 Å². The largest absolute Gasteiger partial charge is 0.477 e. The summed E-state index contributed by atoms with van der Waals surface area (Å²) in [7, 11) is -6.28. The second-order valence-electron chi connectivity index (χ2n) is 16.4. The second-order valence-corrected chi connectivity index (χ2v) is 22.8. The van der Waals surface area contributed by atoms with Crippen LogP contribution in [0.15, 0.2) is 157 Å². The fourth-order valence-corrected chi connectivity index (χ4v) is 10.4. The van der Waals surface area contributed by atoms with Crippen LogP contribution in [0, 0.1) is 6.92 Å². The molecule has 2 heterocycles. The molecule has 0 bridgehead atoms. The van der Waals surface area contributed by atoms with Crippen molar-refractivity contribution in [3.63, 3.8) is 0 Å². The van der Waals surface area contributed by atoms with E-state index in [4.69, 9.17) is 9.16 Å². The summed E-state index contributed by atoms with van der Waals surface area (Å²) in [6.45, 7) is 14.4. The van der Waals surface area contributed by atoms with Gasteiger partial charge < -0.3 is 14.1 Å². The summed E-state index contributed by atoms with van der Waals surface area (Å²) in [5.74, 6) is 0.326. The number of fused-ring (bicyclic) bond motifs is 1. The van der Waals surface area contributed by atoms with E-state index in [9.17, 15) is 8.42 Å². The molecule has 5 aromatic carbocycles. The van der Waals surface area contributed by atoms with Crippen molar-refractivity contribution < 1.29 is 22.0 Å². The van der Waals surface area contributed by atoms with Gasteiger partial charge in [-0.05, 0) is 85.1 Å². The molecule has 0 aliphatic carbocycles. The average Bonchev–Trinajstić information content (AvgIpc) is 3.80. The maximum atomic E-state index is 14.0. The maximum absolute atomic E-state index is 14.0. The second kappa shape index (κ2) is 15.4. The van der Waals surface area contributed by atoms with Crippen molar-refractivity contribution in [1.82, 2.24) is 4.90 Å². The van der Waals surface area contributed by atoms with Crippen molar-refractivity contribution in [1.29, 1.82) is 0 Å². The number of likely N-dealkylation sites (tertiary alicyclic amines) is 1. The lowest BCUT2D eigenvalue weighted by Gasteiger charge is -2.51. The Labute approximate surface area is 328 Å². The molecule has 0 aromatic heterocycles. The highest BCUT2D eigenvalue weighted by molar-refractivity contribution is 7.84. The summed E-state index contributed by atoms with van der Waals surface area (Å²) < 4.78 is 45.4. The van der Waals surface area contributed by atoms with Crippen LogP contribution in [0.4, 0.5) is 0 Å². The van der Waals surface area contributed by atoms with Gasteiger partial charge >= 0.3 is 10.0 Å². The Morgan fingerprint density at radius 2 is 1.36 bits per heavy atom. The number of para-hydroxylation sites is 1. The Morgan fingerprint density at radius 3 is 1.96 bits per heavy atom. The number of nitrogens with zero attached hydrogens (tertiary/aromatic N) is 1. The van der Waals surface area contributed by atoms with Crippen LogP contribution in [-0.4, -0.2) is 46.0 Å². The molecule has 55 heavy (non-hydrogen) atoms. The standard InChI is InChI=1S/C47H52N2O4SSi/c1-35-28-30-39(31-29-35)54(50,51)48-44-41-25-16-17-26-42(41)52-45(44)40(36-19-10-7-11-20-36)32-34-49-33-18-27-43(49)47(37-21-12-8-13-22-37,38-23-14-9-15-24-38)53-55(5,6)46(2,3)4/h7-17,19-26,28-32,34,40,43,45H,18,27,33H2,1-6H3/p+1/b34-32+,48-44+/t40-,43-,45?/m0/s1. The third kappa shape index (κ3) is 7.73. The summed E-state index contributed by atoms with van der Waals surface area (Å²) in [4.78, 5) is 2.67. The third-order valence-corrected chi connectivity index (χ3v) is 17.5. The maximum Gasteiger partial charge on any atom is 0.393 e. The number of hydrogen-bond acceptors (Lipinski definition) is 5. The van der Waals surface area contributed by atoms with Gasteiger partial charge in [-0.15, -0.1) is 4.40 Å². The Balaban J connectivity index is 1.35. The topological polar surface area (TPSA) is 69.8 Å². The van der Waals surface area contributed by atoms with Crippen molar-refractivity contribution in [2.24, 2.45) is 0 Å². The molecule has 0 amide bonds. The molecule has 7 rings (SSSR count). The normalized spacial score (nSPS) is 19.1. The number of nitrogens with one attached hydrogen (secondary N) is 1. The van der Waals surface area contributed by atoms with Gasteiger partial charge in [0.1, 0.15) is 16.2 Å². The summed E-state index contributed by atoms with van der Waals surface area (Å²) in [6.07, 6.45) is 5.75. The highest BCUT2D eigenvalue weighted by Gasteiger charge is 2.53. The summed E-state index contributed by atoms with van der Waals surface area (Å²) in [5.41, 5.74) is 4.83. The van der Waals surface area contributed by atoms with Gasteiger partial charge in [0, 0.05) is 6.54 Å². The smallest absolute Gasteiger partial charge is 0.393 e. The van der Waals surface area contributed by atoms with Gasteiger partial charge in [-0.2, -0.15) is 8.42 Å². The van der Waals surface area contributed by atoms with Crippen LogP contribution >= 0.6 is 0 Å². The predicted molar refractivity (Wildman–Crippen MR) is 224 cm³/mol. The summed E-state index contributed by atoms with van der Waals surface area (Å²) >= 11 is 0. The zero-order valence-corrected chi connectivity index (χ0v) is 34.6. The molecule has 8 heteroatoms. The Hall–Kier alpha value is -4.76. The average molecular weight is 770 g/mol. The molecule has 0 spiro atoms. The minimum absolute atomic E-state index is 0.00992. The van der Waals surface area contributed by atoms with Crippen LogP contribution in [-0.2, 0) is 20.1 Å². The Morgan fingerprint density at radius 1 is 0.800 bits per heavy atom. The van der Waals surface area contributed by atoms with Gasteiger partial charge in [-0.25, -0.2) is 0 Å². The van der Waals surface area contributed by atoms with Crippen LogP contribution in [0.3, 0.4) is 0 Å². The molecule has 2 aliphatic heterocycles. The first-order chi connectivity index (χ1) is 26.3. The number of aryl methyl sites for hydroxylation is 1. The van der Waals surface area contributed by atoms with E-state index in [1.807, 2.05) is 61.5 Å². The van der Waals surface area contributed by atoms with E-state index in [2.05, 4.69) is 128 Å². The first kappa shape index (κ1) is 38.5. The summed E-state index contributed by atoms with van der Waals surface area (Å²) in [5, 5.41) is -0.0214. The molecule has 5 aromatic rings. The van der Waals surface area contributed by atoms with Crippen LogP contribution in [0.5, 0.6) is 5.75 Å². The fraction of sp³-hybridized carbons (Fsp3) is 0.298. The van der Waals surface area contributed by atoms with E-state index in [1.54, 1.807) is 12.1 Å². The first-order valence-electron chi connectivity index (χ1n) is 19.3. The van der Waals surface area contributed by atoms with E-state index in [0.717, 1.165) is 47.2 Å². The van der Waals surface area contributed by atoms with Gasteiger partial charge in [0.15, 0.2) is 14.4 Å². The number of sulfonamides is 1. The first-order valence-corrected chi connectivity index (χ1v) is 23.7.